The van der Waals surface area contributed by atoms with E-state index < -0.39 is 6.04 Å². The third kappa shape index (κ3) is 3.80. The number of nitrogens with zero attached hydrogens (tertiary/aromatic N) is 2. The van der Waals surface area contributed by atoms with Crippen LogP contribution in [0, 0.1) is 0 Å². The molecule has 2 N–H and O–H groups in total. The second-order valence-electron chi connectivity index (χ2n) is 5.62. The predicted molar refractivity (Wildman–Crippen MR) is 87.3 cm³/mol. The lowest BCUT2D eigenvalue weighted by Gasteiger charge is -2.34. The average Bonchev–Trinajstić information content (AvgIpc) is 2.53. The number of hydrogen-bond acceptors (Lipinski definition) is 3. The zero-order valence-corrected chi connectivity index (χ0v) is 13.6. The first kappa shape index (κ1) is 16.8. The van der Waals surface area contributed by atoms with Crippen molar-refractivity contribution in [3.8, 4) is 0 Å². The summed E-state index contributed by atoms with van der Waals surface area (Å²) in [6, 6.07) is 5.96. The molecule has 1 saturated heterocycles. The largest absolute Gasteiger partial charge is 0.353 e. The number of nitrogens with one attached hydrogen (secondary N) is 2. The Balaban J connectivity index is 2.12. The Bertz CT molecular complexity index is 615. The van der Waals surface area contributed by atoms with Crippen molar-refractivity contribution < 1.29 is 14.4 Å². The molecule has 7 nitrogen and oxygen atoms in total. The van der Waals surface area contributed by atoms with Crippen LogP contribution in [0.2, 0.25) is 0 Å². The van der Waals surface area contributed by atoms with Gasteiger partial charge in [0.15, 0.2) is 0 Å². The third-order valence-corrected chi connectivity index (χ3v) is 3.75. The van der Waals surface area contributed by atoms with Crippen LogP contribution in [0.3, 0.4) is 0 Å². The fraction of sp³-hybridized carbons (Fsp3) is 0.438. The van der Waals surface area contributed by atoms with Crippen molar-refractivity contribution >= 4 is 23.5 Å². The molecule has 1 aliphatic heterocycles. The van der Waals surface area contributed by atoms with Crippen LogP contribution in [0.15, 0.2) is 24.3 Å². The quantitative estimate of drug-likeness (QED) is 0.876. The van der Waals surface area contributed by atoms with Crippen LogP contribution in [0.5, 0.6) is 0 Å². The highest BCUT2D eigenvalue weighted by atomic mass is 16.2. The number of benzene rings is 1. The van der Waals surface area contributed by atoms with Gasteiger partial charge in [-0.15, -0.1) is 0 Å². The lowest BCUT2D eigenvalue weighted by molar-refractivity contribution is -0.127. The molecular weight excluding hydrogens is 296 g/mol. The fourth-order valence-electron chi connectivity index (χ4n) is 2.55. The van der Waals surface area contributed by atoms with Crippen LogP contribution in [0.4, 0.5) is 10.5 Å². The highest BCUT2D eigenvalue weighted by Gasteiger charge is 2.31. The van der Waals surface area contributed by atoms with Crippen LogP contribution in [-0.2, 0) is 4.79 Å². The van der Waals surface area contributed by atoms with E-state index in [-0.39, 0.29) is 17.8 Å². The first-order valence-corrected chi connectivity index (χ1v) is 7.61. The first-order valence-electron chi connectivity index (χ1n) is 7.61. The van der Waals surface area contributed by atoms with E-state index in [0.717, 1.165) is 0 Å². The predicted octanol–water partition coefficient (Wildman–Crippen LogP) is 1.13. The summed E-state index contributed by atoms with van der Waals surface area (Å²) < 4.78 is 0. The summed E-state index contributed by atoms with van der Waals surface area (Å²) in [6.07, 6.45) is 0.554. The minimum atomic E-state index is -0.463. The van der Waals surface area contributed by atoms with Crippen molar-refractivity contribution in [2.75, 3.05) is 32.5 Å². The Morgan fingerprint density at radius 3 is 2.78 bits per heavy atom. The third-order valence-electron chi connectivity index (χ3n) is 3.75. The van der Waals surface area contributed by atoms with Crippen LogP contribution in [0.25, 0.3) is 0 Å². The summed E-state index contributed by atoms with van der Waals surface area (Å²) in [4.78, 5) is 39.2. The van der Waals surface area contributed by atoms with Gasteiger partial charge >= 0.3 is 6.03 Å². The molecule has 124 valence electrons. The molecule has 4 amide bonds. The Morgan fingerprint density at radius 2 is 2.13 bits per heavy atom. The van der Waals surface area contributed by atoms with Crippen molar-refractivity contribution in [2.45, 2.75) is 19.4 Å². The maximum atomic E-state index is 12.4. The summed E-state index contributed by atoms with van der Waals surface area (Å²) in [5.41, 5.74) is 1.03. The molecule has 0 aliphatic carbocycles. The van der Waals surface area contributed by atoms with E-state index in [1.54, 1.807) is 38.4 Å². The Labute approximate surface area is 135 Å². The van der Waals surface area contributed by atoms with Gasteiger partial charge in [-0.2, -0.15) is 0 Å². The summed E-state index contributed by atoms with van der Waals surface area (Å²) in [7, 11) is 3.34. The van der Waals surface area contributed by atoms with Crippen molar-refractivity contribution in [3.63, 3.8) is 0 Å². The van der Waals surface area contributed by atoms with Gasteiger partial charge in [-0.25, -0.2) is 4.79 Å². The van der Waals surface area contributed by atoms with Crippen LogP contribution >= 0.6 is 0 Å². The summed E-state index contributed by atoms with van der Waals surface area (Å²) in [5, 5.41) is 5.52. The van der Waals surface area contributed by atoms with Gasteiger partial charge in [-0.1, -0.05) is 13.0 Å². The summed E-state index contributed by atoms with van der Waals surface area (Å²) in [6.45, 7) is 2.78. The van der Waals surface area contributed by atoms with Crippen LogP contribution in [-0.4, -0.2) is 60.9 Å². The average molecular weight is 318 g/mol. The van der Waals surface area contributed by atoms with E-state index >= 15 is 0 Å². The van der Waals surface area contributed by atoms with Crippen molar-refractivity contribution in [2.24, 2.45) is 0 Å². The molecule has 0 radical (unpaired) electrons. The van der Waals surface area contributed by atoms with Crippen molar-refractivity contribution in [1.82, 2.24) is 15.1 Å². The number of urea groups is 1. The molecule has 1 aliphatic rings. The number of rotatable bonds is 3. The van der Waals surface area contributed by atoms with Gasteiger partial charge in [-0.05, 0) is 24.6 Å². The molecule has 0 aromatic heterocycles. The minimum absolute atomic E-state index is 0.134. The molecule has 1 atom stereocenters. The van der Waals surface area contributed by atoms with Crippen LogP contribution in [0.1, 0.15) is 23.7 Å². The van der Waals surface area contributed by atoms with E-state index in [1.807, 2.05) is 6.92 Å². The Kier molecular flexibility index (Phi) is 5.20. The standard InChI is InChI=1S/C16H22N4O3/c1-4-13-14(21)17-8-9-20(13)16(23)18-12-7-5-6-11(10-12)15(22)19(2)3/h5-7,10,13H,4,8-9H2,1-3H3,(H,17,21)(H,18,23). The molecule has 1 aromatic carbocycles. The monoisotopic (exact) mass is 318 g/mol. The number of hydrogen-bond donors (Lipinski definition) is 2. The fourth-order valence-corrected chi connectivity index (χ4v) is 2.55. The molecule has 2 rings (SSSR count). The molecule has 23 heavy (non-hydrogen) atoms. The smallest absolute Gasteiger partial charge is 0.322 e. The number of carbonyl (C=O) groups excluding carboxylic acids is 3. The second kappa shape index (κ2) is 7.13. The normalized spacial score (nSPS) is 17.4. The van der Waals surface area contributed by atoms with Gasteiger partial charge < -0.3 is 20.4 Å². The van der Waals surface area contributed by atoms with Crippen molar-refractivity contribution in [3.05, 3.63) is 29.8 Å². The van der Waals surface area contributed by atoms with Crippen LogP contribution < -0.4 is 10.6 Å². The Hall–Kier alpha value is -2.57. The molecule has 1 unspecified atom stereocenters. The number of amides is 4. The van der Waals surface area contributed by atoms with Gasteiger partial charge in [0.05, 0.1) is 0 Å². The summed E-state index contributed by atoms with van der Waals surface area (Å²) >= 11 is 0. The van der Waals surface area contributed by atoms with Gasteiger partial charge in [0.25, 0.3) is 5.91 Å². The molecule has 7 heteroatoms. The van der Waals surface area contributed by atoms with E-state index in [9.17, 15) is 14.4 Å². The highest BCUT2D eigenvalue weighted by Crippen LogP contribution is 2.15. The molecular formula is C16H22N4O3. The number of carbonyl (C=O) groups is 3. The minimum Gasteiger partial charge on any atom is -0.353 e. The molecule has 0 saturated carbocycles. The zero-order chi connectivity index (χ0) is 17.0. The molecule has 1 aromatic rings. The molecule has 0 spiro atoms. The topological polar surface area (TPSA) is 81.8 Å². The van der Waals surface area contributed by atoms with E-state index in [2.05, 4.69) is 10.6 Å². The Morgan fingerprint density at radius 1 is 1.39 bits per heavy atom. The van der Waals surface area contributed by atoms with Gasteiger partial charge in [-0.3, -0.25) is 9.59 Å². The molecule has 1 heterocycles. The number of piperazine rings is 1. The SMILES string of the molecule is CCC1C(=O)NCCN1C(=O)Nc1cccc(C(=O)N(C)C)c1. The van der Waals surface area contributed by atoms with Gasteiger partial charge in [0, 0.05) is 38.4 Å². The lowest BCUT2D eigenvalue weighted by Crippen LogP contribution is -2.57. The first-order chi connectivity index (χ1) is 10.9. The number of anilines is 1. The highest BCUT2D eigenvalue weighted by molar-refractivity contribution is 5.98. The lowest BCUT2D eigenvalue weighted by atomic mass is 10.1. The zero-order valence-electron chi connectivity index (χ0n) is 13.6. The summed E-state index contributed by atoms with van der Waals surface area (Å²) in [5.74, 6) is -0.268. The maximum Gasteiger partial charge on any atom is 0.322 e. The molecule has 1 fully saturated rings. The van der Waals surface area contributed by atoms with E-state index in [1.165, 1.54) is 9.80 Å². The van der Waals surface area contributed by atoms with Gasteiger partial charge in [0.1, 0.15) is 6.04 Å². The van der Waals surface area contributed by atoms with E-state index in [0.29, 0.717) is 30.8 Å². The van der Waals surface area contributed by atoms with E-state index in [4.69, 9.17) is 0 Å². The maximum absolute atomic E-state index is 12.4. The van der Waals surface area contributed by atoms with Crippen molar-refractivity contribution in [1.29, 1.82) is 0 Å². The molecule has 0 bridgehead atoms. The van der Waals surface area contributed by atoms with Gasteiger partial charge in [0.2, 0.25) is 5.91 Å². The second-order valence-corrected chi connectivity index (χ2v) is 5.62.